The topological polar surface area (TPSA) is 33.5 Å². The maximum Gasteiger partial charge on any atom is 0.179 e. The van der Waals surface area contributed by atoms with E-state index in [0.717, 1.165) is 39.7 Å². The van der Waals surface area contributed by atoms with Crippen molar-refractivity contribution in [2.24, 2.45) is 0 Å². The normalized spacial score (nSPS) is 13.1. The number of rotatable bonds is 10. The molecule has 0 fully saturated rings. The Morgan fingerprint density at radius 1 is 0.450 bits per heavy atom. The molecule has 292 valence electrons. The SMILES string of the molecule is C[Si](C)(C)c1ccnc(-n2c3ccccc3c3ccc(Oc4cc(N5C=CN(c6ccccc6)C5)cc([Si](c5ccccc5)(c5ccccc5)c5ccccc5)c4)cc32)c1. The maximum absolute atomic E-state index is 7.14. The van der Waals surface area contributed by atoms with Gasteiger partial charge in [0, 0.05) is 52.9 Å². The molecule has 0 atom stereocenters. The third-order valence-electron chi connectivity index (χ3n) is 11.8. The van der Waals surface area contributed by atoms with Crippen LogP contribution in [0.2, 0.25) is 19.6 Å². The highest BCUT2D eigenvalue weighted by molar-refractivity contribution is 7.20. The lowest BCUT2D eigenvalue weighted by Crippen LogP contribution is -2.74. The number of para-hydroxylation sites is 2. The molecule has 7 heteroatoms. The van der Waals surface area contributed by atoms with E-state index in [1.807, 2.05) is 6.20 Å². The fourth-order valence-electron chi connectivity index (χ4n) is 8.87. The summed E-state index contributed by atoms with van der Waals surface area (Å²) < 4.78 is 9.44. The summed E-state index contributed by atoms with van der Waals surface area (Å²) in [6.45, 7) is 7.83. The molecule has 9 aromatic rings. The summed E-state index contributed by atoms with van der Waals surface area (Å²) in [6, 6.07) is 70.3. The van der Waals surface area contributed by atoms with E-state index in [4.69, 9.17) is 9.72 Å². The lowest BCUT2D eigenvalue weighted by molar-refractivity contribution is 0.484. The number of nitrogens with zero attached hydrogens (tertiary/aromatic N) is 4. The predicted octanol–water partition coefficient (Wildman–Crippen LogP) is 9.65. The zero-order valence-corrected chi connectivity index (χ0v) is 36.1. The van der Waals surface area contributed by atoms with E-state index in [2.05, 4.69) is 241 Å². The van der Waals surface area contributed by atoms with Crippen LogP contribution in [0.5, 0.6) is 11.5 Å². The molecule has 1 aliphatic heterocycles. The minimum atomic E-state index is -2.91. The minimum Gasteiger partial charge on any atom is -0.457 e. The quantitative estimate of drug-likeness (QED) is 0.102. The molecular formula is C53H46N4OSi2. The van der Waals surface area contributed by atoms with Gasteiger partial charge in [-0.05, 0) is 75.3 Å². The van der Waals surface area contributed by atoms with Crippen LogP contribution in [0.15, 0.2) is 213 Å². The molecule has 3 heterocycles. The Morgan fingerprint density at radius 3 is 1.65 bits per heavy atom. The van der Waals surface area contributed by atoms with Crippen molar-refractivity contribution in [1.82, 2.24) is 9.55 Å². The Hall–Kier alpha value is -6.94. The summed E-state index contributed by atoms with van der Waals surface area (Å²) >= 11 is 0. The van der Waals surface area contributed by atoms with Crippen molar-refractivity contribution < 1.29 is 4.74 Å². The third-order valence-corrected chi connectivity index (χ3v) is 18.6. The van der Waals surface area contributed by atoms with Crippen LogP contribution in [0, 0.1) is 0 Å². The number of benzene rings is 7. The van der Waals surface area contributed by atoms with Crippen molar-refractivity contribution in [2.75, 3.05) is 16.5 Å². The van der Waals surface area contributed by atoms with Gasteiger partial charge in [0.25, 0.3) is 0 Å². The van der Waals surface area contributed by atoms with Crippen LogP contribution in [0.1, 0.15) is 0 Å². The Labute approximate surface area is 354 Å². The fourth-order valence-corrected chi connectivity index (χ4v) is 14.8. The van der Waals surface area contributed by atoms with Crippen LogP contribution >= 0.6 is 0 Å². The largest absolute Gasteiger partial charge is 0.457 e. The second-order valence-corrected chi connectivity index (χ2v) is 25.5. The number of pyridine rings is 1. The first-order valence-electron chi connectivity index (χ1n) is 20.6. The molecule has 0 saturated heterocycles. The number of anilines is 2. The summed E-state index contributed by atoms with van der Waals surface area (Å²) in [5.74, 6) is 2.48. The number of hydrogen-bond donors (Lipinski definition) is 0. The van der Waals surface area contributed by atoms with Gasteiger partial charge in [-0.25, -0.2) is 4.98 Å². The Morgan fingerprint density at radius 2 is 1.02 bits per heavy atom. The van der Waals surface area contributed by atoms with Crippen LogP contribution in [0.25, 0.3) is 27.6 Å². The zero-order valence-electron chi connectivity index (χ0n) is 34.1. The second-order valence-electron chi connectivity index (χ2n) is 16.6. The van der Waals surface area contributed by atoms with Crippen LogP contribution in [-0.4, -0.2) is 32.4 Å². The van der Waals surface area contributed by atoms with Gasteiger partial charge < -0.3 is 14.5 Å². The highest BCUT2D eigenvalue weighted by Crippen LogP contribution is 2.36. The maximum atomic E-state index is 7.14. The molecule has 5 nitrogen and oxygen atoms in total. The average Bonchev–Trinajstić information content (AvgIpc) is 3.92. The van der Waals surface area contributed by atoms with Gasteiger partial charge in [0.2, 0.25) is 0 Å². The van der Waals surface area contributed by atoms with E-state index >= 15 is 0 Å². The number of hydrogen-bond acceptors (Lipinski definition) is 4. The third kappa shape index (κ3) is 6.71. The van der Waals surface area contributed by atoms with Gasteiger partial charge in [-0.15, -0.1) is 0 Å². The Bertz CT molecular complexity index is 2880. The van der Waals surface area contributed by atoms with Gasteiger partial charge in [0.15, 0.2) is 8.07 Å². The molecule has 0 bridgehead atoms. The van der Waals surface area contributed by atoms with Gasteiger partial charge in [0.05, 0.1) is 25.8 Å². The first-order valence-corrected chi connectivity index (χ1v) is 26.1. The second kappa shape index (κ2) is 15.3. The van der Waals surface area contributed by atoms with Crippen LogP contribution in [0.4, 0.5) is 11.4 Å². The predicted molar refractivity (Wildman–Crippen MR) is 257 cm³/mol. The van der Waals surface area contributed by atoms with Crippen molar-refractivity contribution in [2.45, 2.75) is 19.6 Å². The summed E-state index contributed by atoms with van der Waals surface area (Å²) in [6.07, 6.45) is 6.31. The minimum absolute atomic E-state index is 0.680. The molecule has 0 spiro atoms. The molecule has 10 rings (SSSR count). The van der Waals surface area contributed by atoms with Crippen molar-refractivity contribution >= 4 is 75.3 Å². The highest BCUT2D eigenvalue weighted by atomic mass is 28.3. The molecule has 60 heavy (non-hydrogen) atoms. The average molecular weight is 811 g/mol. The molecule has 0 N–H and O–H groups in total. The zero-order chi connectivity index (χ0) is 40.7. The van der Waals surface area contributed by atoms with E-state index in [1.165, 1.54) is 36.7 Å². The summed E-state index contributed by atoms with van der Waals surface area (Å²) in [7, 11) is -4.50. The Balaban J connectivity index is 1.17. The summed E-state index contributed by atoms with van der Waals surface area (Å²) in [5.41, 5.74) is 4.41. The lowest BCUT2D eigenvalue weighted by Gasteiger charge is -2.35. The van der Waals surface area contributed by atoms with Gasteiger partial charge in [-0.1, -0.05) is 152 Å². The molecule has 0 amide bonds. The molecule has 2 aromatic heterocycles. The van der Waals surface area contributed by atoms with E-state index in [9.17, 15) is 0 Å². The molecule has 7 aromatic carbocycles. The van der Waals surface area contributed by atoms with Crippen molar-refractivity contribution in [3.8, 4) is 17.3 Å². The van der Waals surface area contributed by atoms with E-state index in [1.54, 1.807) is 0 Å². The molecule has 0 radical (unpaired) electrons. The highest BCUT2D eigenvalue weighted by Gasteiger charge is 2.42. The first kappa shape index (κ1) is 37.3. The Kier molecular flexibility index (Phi) is 9.55. The van der Waals surface area contributed by atoms with E-state index in [-0.39, 0.29) is 0 Å². The molecule has 1 aliphatic rings. The van der Waals surface area contributed by atoms with Crippen LogP contribution < -0.4 is 40.5 Å². The van der Waals surface area contributed by atoms with Crippen molar-refractivity contribution in [3.63, 3.8) is 0 Å². The molecule has 0 unspecified atom stereocenters. The van der Waals surface area contributed by atoms with Crippen molar-refractivity contribution in [1.29, 1.82) is 0 Å². The van der Waals surface area contributed by atoms with Gasteiger partial charge in [-0.2, -0.15) is 0 Å². The van der Waals surface area contributed by atoms with Gasteiger partial charge in [0.1, 0.15) is 17.3 Å². The first-order chi connectivity index (χ1) is 29.4. The monoisotopic (exact) mass is 810 g/mol. The number of ether oxygens (including phenoxy) is 1. The fraction of sp³-hybridized carbons (Fsp3) is 0.0755. The molecular weight excluding hydrogens is 765 g/mol. The number of fused-ring (bicyclic) bond motifs is 3. The van der Waals surface area contributed by atoms with Gasteiger partial charge >= 0.3 is 0 Å². The van der Waals surface area contributed by atoms with Crippen molar-refractivity contribution in [3.05, 3.63) is 213 Å². The van der Waals surface area contributed by atoms with E-state index < -0.39 is 16.1 Å². The molecule has 0 saturated carbocycles. The van der Waals surface area contributed by atoms with E-state index in [0.29, 0.717) is 6.67 Å². The van der Waals surface area contributed by atoms with Crippen LogP contribution in [-0.2, 0) is 0 Å². The smallest absolute Gasteiger partial charge is 0.179 e. The summed E-state index contributed by atoms with van der Waals surface area (Å²) in [4.78, 5) is 9.55. The standard InChI is InChI=1S/C53H46N4OSi2/c1-59(2,3)47-30-31-54-53(38-47)57-51-27-17-16-26-49(51)50-29-28-42(37-52(50)57)58-43-34-41(56-33-32-55(39-56)40-18-8-4-9-19-40)35-48(36-43)60(44-20-10-5-11-21-44,45-22-12-6-13-23-45)46-24-14-7-15-25-46/h4-38H,39H2,1-3H3. The van der Waals surface area contributed by atoms with Gasteiger partial charge in [-0.3, -0.25) is 4.57 Å². The number of aromatic nitrogens is 2. The lowest BCUT2D eigenvalue weighted by atomic mass is 10.1. The van der Waals surface area contributed by atoms with Crippen LogP contribution in [0.3, 0.4) is 0 Å². The summed E-state index contributed by atoms with van der Waals surface area (Å²) in [5, 5.41) is 8.91. The molecule has 0 aliphatic carbocycles.